The highest BCUT2D eigenvalue weighted by atomic mass is 15.1. The number of imidazole rings is 1. The number of hydrogen-bond donors (Lipinski definition) is 1. The van der Waals surface area contributed by atoms with Crippen molar-refractivity contribution in [3.8, 4) is 0 Å². The third-order valence-corrected chi connectivity index (χ3v) is 4.19. The van der Waals surface area contributed by atoms with Gasteiger partial charge in [-0.15, -0.1) is 0 Å². The zero-order valence-corrected chi connectivity index (χ0v) is 10.6. The van der Waals surface area contributed by atoms with E-state index in [0.29, 0.717) is 6.04 Å². The quantitative estimate of drug-likeness (QED) is 0.845. The van der Waals surface area contributed by atoms with Gasteiger partial charge in [-0.3, -0.25) is 0 Å². The van der Waals surface area contributed by atoms with E-state index in [0.717, 1.165) is 24.2 Å². The molecule has 0 amide bonds. The Labute approximate surface area is 98.3 Å². The monoisotopic (exact) mass is 221 g/mol. The first-order chi connectivity index (χ1) is 7.72. The average molecular weight is 221 g/mol. The van der Waals surface area contributed by atoms with Gasteiger partial charge in [-0.25, -0.2) is 4.98 Å². The summed E-state index contributed by atoms with van der Waals surface area (Å²) in [6.45, 7) is 5.59. The third kappa shape index (κ3) is 2.29. The second-order valence-electron chi connectivity index (χ2n) is 5.05. The molecule has 1 aliphatic rings. The maximum atomic E-state index is 4.34. The van der Waals surface area contributed by atoms with Crippen LogP contribution in [0.25, 0.3) is 0 Å². The molecule has 1 aliphatic carbocycles. The molecule has 0 aliphatic heterocycles. The van der Waals surface area contributed by atoms with Gasteiger partial charge in [-0.05, 0) is 24.7 Å². The van der Waals surface area contributed by atoms with Crippen LogP contribution in [0.4, 0.5) is 0 Å². The Hall–Kier alpha value is -0.830. The predicted molar refractivity (Wildman–Crippen MR) is 66.0 cm³/mol. The van der Waals surface area contributed by atoms with Gasteiger partial charge in [0, 0.05) is 25.5 Å². The van der Waals surface area contributed by atoms with Crippen LogP contribution in [-0.4, -0.2) is 15.6 Å². The molecule has 0 aromatic carbocycles. The van der Waals surface area contributed by atoms with Gasteiger partial charge in [0.1, 0.15) is 5.82 Å². The van der Waals surface area contributed by atoms with Gasteiger partial charge >= 0.3 is 0 Å². The molecule has 0 saturated heterocycles. The van der Waals surface area contributed by atoms with E-state index in [1.165, 1.54) is 19.3 Å². The third-order valence-electron chi connectivity index (χ3n) is 4.19. The van der Waals surface area contributed by atoms with Crippen molar-refractivity contribution in [2.75, 3.05) is 0 Å². The van der Waals surface area contributed by atoms with Crippen LogP contribution in [-0.2, 0) is 13.6 Å². The number of aryl methyl sites for hydroxylation is 1. The summed E-state index contributed by atoms with van der Waals surface area (Å²) in [4.78, 5) is 4.34. The van der Waals surface area contributed by atoms with Gasteiger partial charge in [0.15, 0.2) is 0 Å². The molecule has 0 spiro atoms. The summed E-state index contributed by atoms with van der Waals surface area (Å²) in [6, 6.07) is 0.682. The minimum Gasteiger partial charge on any atom is -0.337 e. The summed E-state index contributed by atoms with van der Waals surface area (Å²) in [5.41, 5.74) is 0. The lowest BCUT2D eigenvalue weighted by molar-refractivity contribution is 0.341. The van der Waals surface area contributed by atoms with E-state index in [1.807, 2.05) is 12.4 Å². The second kappa shape index (κ2) is 5.00. The van der Waals surface area contributed by atoms with Crippen molar-refractivity contribution in [2.24, 2.45) is 18.9 Å². The van der Waals surface area contributed by atoms with Crippen molar-refractivity contribution in [1.82, 2.24) is 14.9 Å². The fourth-order valence-electron chi connectivity index (χ4n) is 2.90. The van der Waals surface area contributed by atoms with Gasteiger partial charge < -0.3 is 9.88 Å². The zero-order valence-electron chi connectivity index (χ0n) is 10.6. The van der Waals surface area contributed by atoms with Crippen LogP contribution in [0.15, 0.2) is 12.4 Å². The molecule has 16 heavy (non-hydrogen) atoms. The second-order valence-corrected chi connectivity index (χ2v) is 5.05. The molecule has 3 heteroatoms. The molecular formula is C13H23N3. The van der Waals surface area contributed by atoms with Gasteiger partial charge in [0.05, 0.1) is 6.54 Å². The van der Waals surface area contributed by atoms with Crippen molar-refractivity contribution in [3.63, 3.8) is 0 Å². The minimum absolute atomic E-state index is 0.682. The van der Waals surface area contributed by atoms with Crippen molar-refractivity contribution in [1.29, 1.82) is 0 Å². The Morgan fingerprint density at radius 3 is 2.88 bits per heavy atom. The molecule has 3 unspecified atom stereocenters. The molecule has 3 atom stereocenters. The summed E-state index contributed by atoms with van der Waals surface area (Å²) in [5.74, 6) is 2.86. The molecule has 0 bridgehead atoms. The average Bonchev–Trinajstić information content (AvgIpc) is 2.83. The van der Waals surface area contributed by atoms with E-state index in [9.17, 15) is 0 Å². The van der Waals surface area contributed by atoms with Crippen LogP contribution < -0.4 is 5.32 Å². The van der Waals surface area contributed by atoms with Crippen LogP contribution in [0.1, 0.15) is 38.9 Å². The number of hydrogen-bond acceptors (Lipinski definition) is 2. The lowest BCUT2D eigenvalue weighted by atomic mass is 9.93. The molecule has 90 valence electrons. The van der Waals surface area contributed by atoms with Crippen LogP contribution in [0, 0.1) is 11.8 Å². The van der Waals surface area contributed by atoms with E-state index < -0.39 is 0 Å². The number of nitrogens with one attached hydrogen (secondary N) is 1. The topological polar surface area (TPSA) is 29.9 Å². The predicted octanol–water partition coefficient (Wildman–Crippen LogP) is 2.33. The summed E-state index contributed by atoms with van der Waals surface area (Å²) >= 11 is 0. The summed E-state index contributed by atoms with van der Waals surface area (Å²) in [7, 11) is 2.05. The molecule has 3 nitrogen and oxygen atoms in total. The van der Waals surface area contributed by atoms with Crippen molar-refractivity contribution in [3.05, 3.63) is 18.2 Å². The lowest BCUT2D eigenvalue weighted by Crippen LogP contribution is -2.33. The van der Waals surface area contributed by atoms with Gasteiger partial charge in [-0.2, -0.15) is 0 Å². The number of aromatic nitrogens is 2. The highest BCUT2D eigenvalue weighted by molar-refractivity contribution is 4.93. The van der Waals surface area contributed by atoms with Crippen LogP contribution in [0.2, 0.25) is 0 Å². The Kier molecular flexibility index (Phi) is 3.64. The summed E-state index contributed by atoms with van der Waals surface area (Å²) < 4.78 is 2.09. The van der Waals surface area contributed by atoms with E-state index in [2.05, 4.69) is 35.8 Å². The Morgan fingerprint density at radius 1 is 1.50 bits per heavy atom. The Balaban J connectivity index is 1.85. The van der Waals surface area contributed by atoms with Crippen LogP contribution in [0.3, 0.4) is 0 Å². The fourth-order valence-corrected chi connectivity index (χ4v) is 2.90. The maximum absolute atomic E-state index is 4.34. The fraction of sp³-hybridized carbons (Fsp3) is 0.769. The first kappa shape index (κ1) is 11.6. The van der Waals surface area contributed by atoms with E-state index in [1.54, 1.807) is 0 Å². The highest BCUT2D eigenvalue weighted by Gasteiger charge is 2.30. The maximum Gasteiger partial charge on any atom is 0.122 e. The SMILES string of the molecule is CCC1CCC(NCc2nccn2C)C1C. The molecule has 1 aromatic heterocycles. The standard InChI is InChI=1S/C13H23N3/c1-4-11-5-6-12(10(11)2)15-9-13-14-7-8-16(13)3/h7-8,10-12,15H,4-6,9H2,1-3H3. The minimum atomic E-state index is 0.682. The summed E-state index contributed by atoms with van der Waals surface area (Å²) in [5, 5.41) is 3.66. The van der Waals surface area contributed by atoms with Gasteiger partial charge in [-0.1, -0.05) is 20.3 Å². The molecular weight excluding hydrogens is 198 g/mol. The number of nitrogens with zero attached hydrogens (tertiary/aromatic N) is 2. The van der Waals surface area contributed by atoms with Gasteiger partial charge in [0.2, 0.25) is 0 Å². The molecule has 1 N–H and O–H groups in total. The normalized spacial score (nSPS) is 29.8. The Bertz CT molecular complexity index is 332. The highest BCUT2D eigenvalue weighted by Crippen LogP contribution is 2.33. The van der Waals surface area contributed by atoms with Crippen molar-refractivity contribution >= 4 is 0 Å². The largest absolute Gasteiger partial charge is 0.337 e. The van der Waals surface area contributed by atoms with E-state index in [-0.39, 0.29) is 0 Å². The lowest BCUT2D eigenvalue weighted by Gasteiger charge is -2.20. The van der Waals surface area contributed by atoms with Crippen molar-refractivity contribution in [2.45, 2.75) is 45.7 Å². The van der Waals surface area contributed by atoms with Crippen LogP contribution in [0.5, 0.6) is 0 Å². The summed E-state index contributed by atoms with van der Waals surface area (Å²) in [6.07, 6.45) is 7.90. The molecule has 0 radical (unpaired) electrons. The van der Waals surface area contributed by atoms with Gasteiger partial charge in [0.25, 0.3) is 0 Å². The molecule has 1 fully saturated rings. The Morgan fingerprint density at radius 2 is 2.31 bits per heavy atom. The van der Waals surface area contributed by atoms with E-state index in [4.69, 9.17) is 0 Å². The molecule has 1 heterocycles. The number of rotatable bonds is 4. The molecule has 2 rings (SSSR count). The van der Waals surface area contributed by atoms with Crippen LogP contribution >= 0.6 is 0 Å². The van der Waals surface area contributed by atoms with Crippen molar-refractivity contribution < 1.29 is 0 Å². The first-order valence-corrected chi connectivity index (χ1v) is 6.42. The first-order valence-electron chi connectivity index (χ1n) is 6.42. The zero-order chi connectivity index (χ0) is 11.5. The van der Waals surface area contributed by atoms with E-state index >= 15 is 0 Å². The smallest absolute Gasteiger partial charge is 0.122 e. The molecule has 1 aromatic rings. The molecule has 1 saturated carbocycles.